The van der Waals surface area contributed by atoms with Crippen LogP contribution in [0, 0.1) is 16.0 Å². The third-order valence-electron chi connectivity index (χ3n) is 4.99. The second-order valence-electron chi connectivity index (χ2n) is 7.23. The van der Waals surface area contributed by atoms with Gasteiger partial charge in [-0.1, -0.05) is 0 Å². The molecule has 1 saturated carbocycles. The lowest BCUT2D eigenvalue weighted by molar-refractivity contribution is -0.384. The third kappa shape index (κ3) is 5.75. The minimum absolute atomic E-state index is 0.0491. The second-order valence-corrected chi connectivity index (χ2v) is 7.23. The van der Waals surface area contributed by atoms with Crippen LogP contribution in [0.5, 0.6) is 0 Å². The summed E-state index contributed by atoms with van der Waals surface area (Å²) in [5, 5.41) is 17.0. The molecule has 2 aromatic rings. The minimum Gasteiger partial charge on any atom is -0.364 e. The van der Waals surface area contributed by atoms with Gasteiger partial charge in [-0.15, -0.1) is 0 Å². The van der Waals surface area contributed by atoms with Crippen LogP contribution in [0.15, 0.2) is 24.5 Å². The highest BCUT2D eigenvalue weighted by Gasteiger charge is 2.30. The van der Waals surface area contributed by atoms with Crippen molar-refractivity contribution in [2.24, 2.45) is 11.7 Å². The van der Waals surface area contributed by atoms with Crippen molar-refractivity contribution in [2.75, 3.05) is 17.2 Å². The first-order chi connectivity index (χ1) is 14.2. The molecule has 1 fully saturated rings. The van der Waals surface area contributed by atoms with Crippen LogP contribution in [0.25, 0.3) is 0 Å². The van der Waals surface area contributed by atoms with E-state index in [2.05, 4.69) is 25.6 Å². The van der Waals surface area contributed by atoms with Crippen LogP contribution in [-0.2, 0) is 12.7 Å². The Morgan fingerprint density at radius 3 is 2.60 bits per heavy atom. The number of pyridine rings is 1. The van der Waals surface area contributed by atoms with Crippen LogP contribution in [0.2, 0.25) is 0 Å². The molecule has 0 bridgehead atoms. The van der Waals surface area contributed by atoms with Crippen molar-refractivity contribution < 1.29 is 18.1 Å². The zero-order chi connectivity index (χ0) is 21.7. The number of nitrogens with one attached hydrogen (secondary N) is 2. The lowest BCUT2D eigenvalue weighted by Gasteiger charge is -2.26. The maximum absolute atomic E-state index is 12.8. The number of rotatable bonds is 7. The molecule has 0 unspecified atom stereocenters. The average Bonchev–Trinajstić information content (AvgIpc) is 2.71. The van der Waals surface area contributed by atoms with Crippen molar-refractivity contribution >= 4 is 17.5 Å². The Labute approximate surface area is 170 Å². The molecule has 4 N–H and O–H groups in total. The van der Waals surface area contributed by atoms with E-state index >= 15 is 0 Å². The highest BCUT2D eigenvalue weighted by Crippen LogP contribution is 2.29. The standard InChI is InChI=1S/C18H22F3N7O2/c19-18(20,21)12-5-6-23-14(7-12)9-25-17-26-10-15(28(29)30)16(27-17)24-8-11-1-3-13(22)4-2-11/h5-7,10-11,13H,1-4,8-9,22H2,(H2,24,25,26,27). The van der Waals surface area contributed by atoms with E-state index in [9.17, 15) is 23.3 Å². The summed E-state index contributed by atoms with van der Waals surface area (Å²) in [6.07, 6.45) is 1.35. The monoisotopic (exact) mass is 425 g/mol. The van der Waals surface area contributed by atoms with Gasteiger partial charge in [-0.3, -0.25) is 15.1 Å². The highest BCUT2D eigenvalue weighted by atomic mass is 19.4. The summed E-state index contributed by atoms with van der Waals surface area (Å²) in [5.74, 6) is 0.447. The van der Waals surface area contributed by atoms with Crippen LogP contribution >= 0.6 is 0 Å². The number of hydrogen-bond acceptors (Lipinski definition) is 8. The van der Waals surface area contributed by atoms with Gasteiger partial charge in [-0.2, -0.15) is 18.2 Å². The lowest BCUT2D eigenvalue weighted by Crippen LogP contribution is -2.29. The number of halogens is 3. The van der Waals surface area contributed by atoms with E-state index in [4.69, 9.17) is 5.73 Å². The molecular weight excluding hydrogens is 403 g/mol. The number of nitrogens with two attached hydrogens (primary N) is 1. The van der Waals surface area contributed by atoms with Crippen LogP contribution < -0.4 is 16.4 Å². The van der Waals surface area contributed by atoms with E-state index in [0.717, 1.165) is 50.2 Å². The van der Waals surface area contributed by atoms with E-state index in [1.807, 2.05) is 0 Å². The van der Waals surface area contributed by atoms with Crippen molar-refractivity contribution in [2.45, 2.75) is 44.4 Å². The molecule has 0 atom stereocenters. The highest BCUT2D eigenvalue weighted by molar-refractivity contribution is 5.57. The first-order valence-electron chi connectivity index (χ1n) is 9.49. The van der Waals surface area contributed by atoms with Gasteiger partial charge >= 0.3 is 11.9 Å². The molecule has 0 amide bonds. The number of anilines is 2. The second kappa shape index (κ2) is 9.20. The molecule has 12 heteroatoms. The summed E-state index contributed by atoms with van der Waals surface area (Å²) >= 11 is 0. The molecule has 9 nitrogen and oxygen atoms in total. The Bertz CT molecular complexity index is 886. The first kappa shape index (κ1) is 21.7. The van der Waals surface area contributed by atoms with Crippen LogP contribution in [0.4, 0.5) is 30.6 Å². The number of hydrogen-bond donors (Lipinski definition) is 3. The Hall–Kier alpha value is -3.02. The topological polar surface area (TPSA) is 132 Å². The lowest BCUT2D eigenvalue weighted by atomic mass is 9.86. The SMILES string of the molecule is NC1CCC(CNc2nc(NCc3cc(C(F)(F)F)ccn3)ncc2[N+](=O)[O-])CC1. The summed E-state index contributed by atoms with van der Waals surface area (Å²) in [6, 6.07) is 2.01. The van der Waals surface area contributed by atoms with Crippen LogP contribution in [0.3, 0.4) is 0 Å². The average molecular weight is 425 g/mol. The Morgan fingerprint density at radius 2 is 1.93 bits per heavy atom. The smallest absolute Gasteiger partial charge is 0.364 e. The molecule has 1 aliphatic rings. The molecule has 30 heavy (non-hydrogen) atoms. The Balaban J connectivity index is 1.67. The van der Waals surface area contributed by atoms with Crippen molar-refractivity contribution in [3.8, 4) is 0 Å². The summed E-state index contributed by atoms with van der Waals surface area (Å²) in [6.45, 7) is 0.445. The van der Waals surface area contributed by atoms with Crippen molar-refractivity contribution in [1.82, 2.24) is 15.0 Å². The number of alkyl halides is 3. The molecule has 1 aliphatic carbocycles. The van der Waals surface area contributed by atoms with Crippen molar-refractivity contribution in [1.29, 1.82) is 0 Å². The fourth-order valence-electron chi connectivity index (χ4n) is 3.28. The zero-order valence-electron chi connectivity index (χ0n) is 16.0. The summed E-state index contributed by atoms with van der Waals surface area (Å²) < 4.78 is 38.4. The fourth-order valence-corrected chi connectivity index (χ4v) is 3.28. The molecule has 3 rings (SSSR count). The van der Waals surface area contributed by atoms with E-state index in [1.165, 1.54) is 0 Å². The van der Waals surface area contributed by atoms with Gasteiger partial charge in [0.25, 0.3) is 0 Å². The maximum Gasteiger partial charge on any atom is 0.416 e. The molecule has 0 aliphatic heterocycles. The van der Waals surface area contributed by atoms with E-state index in [1.54, 1.807) is 0 Å². The minimum atomic E-state index is -4.47. The molecule has 0 radical (unpaired) electrons. The fraction of sp³-hybridized carbons (Fsp3) is 0.500. The zero-order valence-corrected chi connectivity index (χ0v) is 16.0. The van der Waals surface area contributed by atoms with E-state index in [-0.39, 0.29) is 35.7 Å². The van der Waals surface area contributed by atoms with Gasteiger partial charge in [-0.05, 0) is 43.7 Å². The van der Waals surface area contributed by atoms with E-state index < -0.39 is 16.7 Å². The van der Waals surface area contributed by atoms with Gasteiger partial charge in [0.05, 0.1) is 22.7 Å². The normalized spacial score (nSPS) is 19.3. The predicted molar refractivity (Wildman–Crippen MR) is 104 cm³/mol. The molecule has 0 aromatic carbocycles. The van der Waals surface area contributed by atoms with E-state index in [0.29, 0.717) is 12.5 Å². The van der Waals surface area contributed by atoms with Gasteiger partial charge in [0.15, 0.2) is 0 Å². The molecule has 0 spiro atoms. The molecular formula is C18H22F3N7O2. The van der Waals surface area contributed by atoms with Gasteiger partial charge in [0.1, 0.15) is 6.20 Å². The summed E-state index contributed by atoms with van der Waals surface area (Å²) in [7, 11) is 0. The van der Waals surface area contributed by atoms with Crippen LogP contribution in [-0.4, -0.2) is 32.5 Å². The number of nitrogens with zero attached hydrogens (tertiary/aromatic N) is 4. The molecule has 162 valence electrons. The number of nitro groups is 1. The predicted octanol–water partition coefficient (Wildman–Crippen LogP) is 3.34. The first-order valence-corrected chi connectivity index (χ1v) is 9.49. The Morgan fingerprint density at radius 1 is 1.20 bits per heavy atom. The number of aromatic nitrogens is 3. The summed E-state index contributed by atoms with van der Waals surface area (Å²) in [4.78, 5) is 22.6. The largest absolute Gasteiger partial charge is 0.416 e. The Kier molecular flexibility index (Phi) is 6.65. The summed E-state index contributed by atoms with van der Waals surface area (Å²) in [5.41, 5.74) is 4.95. The third-order valence-corrected chi connectivity index (χ3v) is 4.99. The van der Waals surface area contributed by atoms with Crippen molar-refractivity contribution in [3.63, 3.8) is 0 Å². The quantitative estimate of drug-likeness (QED) is 0.455. The molecule has 2 heterocycles. The van der Waals surface area contributed by atoms with Crippen molar-refractivity contribution in [3.05, 3.63) is 45.9 Å². The van der Waals surface area contributed by atoms with Gasteiger partial charge < -0.3 is 16.4 Å². The van der Waals surface area contributed by atoms with Gasteiger partial charge in [-0.25, -0.2) is 4.98 Å². The maximum atomic E-state index is 12.8. The van der Waals surface area contributed by atoms with Gasteiger partial charge in [0, 0.05) is 18.8 Å². The molecule has 0 saturated heterocycles. The molecule has 2 aromatic heterocycles. The van der Waals surface area contributed by atoms with Gasteiger partial charge in [0.2, 0.25) is 11.8 Å². The van der Waals surface area contributed by atoms with Crippen LogP contribution in [0.1, 0.15) is 36.9 Å².